The molecule has 14 nitrogen and oxygen atoms in total. The van der Waals surface area contributed by atoms with Crippen LogP contribution in [0.4, 0.5) is 10.1 Å². The number of imidazole rings is 1. The number of carbonyl (C=O) groups excluding carboxylic acids is 5. The molecule has 1 saturated heterocycles. The lowest BCUT2D eigenvalue weighted by Crippen LogP contribution is -2.54. The number of halogens is 1. The molecule has 2 aliphatic heterocycles. The van der Waals surface area contributed by atoms with Gasteiger partial charge in [0.2, 0.25) is 11.8 Å². The molecule has 5 amide bonds. The van der Waals surface area contributed by atoms with E-state index in [2.05, 4.69) is 42.1 Å². The number of anilines is 1. The summed E-state index contributed by atoms with van der Waals surface area (Å²) in [6.45, 7) is 0.504. The molecule has 3 N–H and O–H groups in total. The topological polar surface area (TPSA) is 181 Å². The zero-order valence-electron chi connectivity index (χ0n) is 28.0. The van der Waals surface area contributed by atoms with Gasteiger partial charge >= 0.3 is 0 Å². The average Bonchev–Trinajstić information content (AvgIpc) is 3.68. The van der Waals surface area contributed by atoms with Gasteiger partial charge in [0.05, 0.1) is 40.3 Å². The highest BCUT2D eigenvalue weighted by Crippen LogP contribution is 2.32. The van der Waals surface area contributed by atoms with Gasteiger partial charge in [-0.3, -0.25) is 39.2 Å². The third-order valence-corrected chi connectivity index (χ3v) is 9.29. The lowest BCUT2D eigenvalue weighted by atomic mass is 10.0. The standard InChI is InChI=1S/C38H30FN9O5/c39-27-18-23(30-20-44-38-43-19-24(48(38)46-30)17-21-7-10-28-22(16-21)4-2-13-40-28)8-9-25(27)34(50)42-15-3-14-41-29-6-1-5-26-33(29)37(53)47(36(26)52)31-11-12-32(49)45-35(31)51/h1-2,4-10,13,16,18-20,31,41H,3,11-12,14-15,17H2,(H,42,50)(H,45,49,51). The minimum Gasteiger partial charge on any atom is -0.384 e. The van der Waals surface area contributed by atoms with Crippen LogP contribution in [0.2, 0.25) is 0 Å². The maximum absolute atomic E-state index is 15.3. The third kappa shape index (κ3) is 6.32. The zero-order valence-corrected chi connectivity index (χ0v) is 28.0. The Labute approximate surface area is 300 Å². The quantitative estimate of drug-likeness (QED) is 0.140. The van der Waals surface area contributed by atoms with Crippen LogP contribution in [0, 0.1) is 5.82 Å². The van der Waals surface area contributed by atoms with E-state index < -0.39 is 41.4 Å². The number of imide groups is 2. The molecule has 15 heteroatoms. The molecular weight excluding hydrogens is 681 g/mol. The van der Waals surface area contributed by atoms with E-state index in [1.807, 2.05) is 24.3 Å². The van der Waals surface area contributed by atoms with Crippen LogP contribution in [0.5, 0.6) is 0 Å². The number of benzene rings is 3. The fourth-order valence-corrected chi connectivity index (χ4v) is 6.65. The lowest BCUT2D eigenvalue weighted by molar-refractivity contribution is -0.136. The molecule has 0 bridgehead atoms. The Bertz CT molecular complexity index is 2500. The Balaban J connectivity index is 0.881. The van der Waals surface area contributed by atoms with Gasteiger partial charge in [0, 0.05) is 48.8 Å². The Hall–Kier alpha value is -6.90. The number of hydrogen-bond acceptors (Lipinski definition) is 10. The molecule has 6 aromatic rings. The first kappa shape index (κ1) is 33.3. The van der Waals surface area contributed by atoms with Crippen LogP contribution in [0.3, 0.4) is 0 Å². The Kier molecular flexibility index (Phi) is 8.58. The second kappa shape index (κ2) is 13.7. The number of nitrogens with one attached hydrogen (secondary N) is 3. The van der Waals surface area contributed by atoms with Crippen LogP contribution < -0.4 is 16.0 Å². The van der Waals surface area contributed by atoms with Crippen LogP contribution >= 0.6 is 0 Å². The molecule has 3 aromatic heterocycles. The number of pyridine rings is 1. The van der Waals surface area contributed by atoms with E-state index in [9.17, 15) is 24.0 Å². The molecule has 3 aromatic carbocycles. The van der Waals surface area contributed by atoms with E-state index in [0.29, 0.717) is 42.1 Å². The second-order valence-electron chi connectivity index (χ2n) is 12.7. The fraction of sp³-hybridized carbons (Fsp3) is 0.184. The first-order valence-electron chi connectivity index (χ1n) is 16.9. The SMILES string of the molecule is O=C1CCC(N2C(=O)c3cccc(NCCCNC(=O)c4ccc(-c5cnc6ncc(Cc7ccc8ncccc8c7)n6n5)cc4F)c3C2=O)C(=O)N1. The van der Waals surface area contributed by atoms with Crippen LogP contribution in [0.25, 0.3) is 27.9 Å². The van der Waals surface area contributed by atoms with Gasteiger partial charge in [0.1, 0.15) is 17.6 Å². The van der Waals surface area contributed by atoms with Crippen molar-refractivity contribution in [1.82, 2.24) is 40.1 Å². The van der Waals surface area contributed by atoms with Crippen molar-refractivity contribution in [3.8, 4) is 11.3 Å². The lowest BCUT2D eigenvalue weighted by Gasteiger charge is -2.27. The first-order valence-corrected chi connectivity index (χ1v) is 16.9. The summed E-state index contributed by atoms with van der Waals surface area (Å²) in [7, 11) is 0. The minimum absolute atomic E-state index is 0.0269. The third-order valence-electron chi connectivity index (χ3n) is 9.29. The van der Waals surface area contributed by atoms with Gasteiger partial charge in [-0.25, -0.2) is 18.9 Å². The van der Waals surface area contributed by atoms with Gasteiger partial charge in [0.15, 0.2) is 0 Å². The smallest absolute Gasteiger partial charge is 0.264 e. The number of nitrogens with zero attached hydrogens (tertiary/aromatic N) is 6. The number of rotatable bonds is 10. The van der Waals surface area contributed by atoms with Gasteiger partial charge < -0.3 is 10.6 Å². The molecule has 0 spiro atoms. The van der Waals surface area contributed by atoms with Gasteiger partial charge in [-0.05, 0) is 60.9 Å². The van der Waals surface area contributed by atoms with E-state index in [-0.39, 0.29) is 36.1 Å². The Morgan fingerprint density at radius 1 is 0.925 bits per heavy atom. The first-order chi connectivity index (χ1) is 25.7. The summed E-state index contributed by atoms with van der Waals surface area (Å²) in [6, 6.07) is 17.9. The zero-order chi connectivity index (χ0) is 36.6. The van der Waals surface area contributed by atoms with Crippen molar-refractivity contribution in [1.29, 1.82) is 0 Å². The number of piperidine rings is 1. The summed E-state index contributed by atoms with van der Waals surface area (Å²) < 4.78 is 16.9. The monoisotopic (exact) mass is 711 g/mol. The van der Waals surface area contributed by atoms with E-state index in [0.717, 1.165) is 27.1 Å². The van der Waals surface area contributed by atoms with E-state index in [1.165, 1.54) is 24.4 Å². The van der Waals surface area contributed by atoms with Gasteiger partial charge in [-0.1, -0.05) is 24.3 Å². The Morgan fingerprint density at radius 3 is 2.64 bits per heavy atom. The summed E-state index contributed by atoms with van der Waals surface area (Å²) in [5.41, 5.74) is 4.16. The molecule has 264 valence electrons. The molecule has 53 heavy (non-hydrogen) atoms. The highest BCUT2D eigenvalue weighted by atomic mass is 19.1. The molecule has 0 aliphatic carbocycles. The van der Waals surface area contributed by atoms with Crippen molar-refractivity contribution < 1.29 is 28.4 Å². The van der Waals surface area contributed by atoms with E-state index in [1.54, 1.807) is 35.1 Å². The van der Waals surface area contributed by atoms with Crippen molar-refractivity contribution >= 4 is 51.9 Å². The van der Waals surface area contributed by atoms with Gasteiger partial charge in [-0.2, -0.15) is 5.10 Å². The number of amides is 5. The summed E-state index contributed by atoms with van der Waals surface area (Å²) >= 11 is 0. The van der Waals surface area contributed by atoms with Crippen molar-refractivity contribution in [2.45, 2.75) is 31.7 Å². The van der Waals surface area contributed by atoms with Crippen LogP contribution in [0.15, 0.2) is 85.3 Å². The molecule has 8 rings (SSSR count). The largest absolute Gasteiger partial charge is 0.384 e. The highest BCUT2D eigenvalue weighted by molar-refractivity contribution is 6.25. The van der Waals surface area contributed by atoms with Crippen molar-refractivity contribution in [3.63, 3.8) is 0 Å². The van der Waals surface area contributed by atoms with Crippen molar-refractivity contribution in [3.05, 3.63) is 119 Å². The molecule has 0 radical (unpaired) electrons. The summed E-state index contributed by atoms with van der Waals surface area (Å²) in [5.74, 6) is -3.27. The summed E-state index contributed by atoms with van der Waals surface area (Å²) in [5, 5.41) is 13.7. The van der Waals surface area contributed by atoms with Gasteiger partial charge in [-0.15, -0.1) is 0 Å². The number of carbonyl (C=O) groups is 5. The number of fused-ring (bicyclic) bond motifs is 3. The van der Waals surface area contributed by atoms with Crippen LogP contribution in [0.1, 0.15) is 61.6 Å². The van der Waals surface area contributed by atoms with Crippen LogP contribution in [-0.2, 0) is 16.0 Å². The average molecular weight is 712 g/mol. The molecule has 5 heterocycles. The predicted molar refractivity (Wildman–Crippen MR) is 189 cm³/mol. The molecule has 1 fully saturated rings. The molecular formula is C38H30FN9O5. The molecule has 2 aliphatic rings. The highest BCUT2D eigenvalue weighted by Gasteiger charge is 2.45. The normalized spacial score (nSPS) is 15.6. The molecule has 1 unspecified atom stereocenters. The van der Waals surface area contributed by atoms with Crippen molar-refractivity contribution in [2.75, 3.05) is 18.4 Å². The molecule has 1 atom stereocenters. The van der Waals surface area contributed by atoms with E-state index >= 15 is 4.39 Å². The summed E-state index contributed by atoms with van der Waals surface area (Å²) in [4.78, 5) is 77.3. The van der Waals surface area contributed by atoms with Crippen molar-refractivity contribution in [2.24, 2.45) is 0 Å². The number of hydrogen-bond donors (Lipinski definition) is 3. The number of aromatic nitrogens is 5. The minimum atomic E-state index is -1.07. The second-order valence-corrected chi connectivity index (χ2v) is 12.7. The maximum Gasteiger partial charge on any atom is 0.264 e. The Morgan fingerprint density at radius 2 is 1.79 bits per heavy atom. The maximum atomic E-state index is 15.3. The predicted octanol–water partition coefficient (Wildman–Crippen LogP) is 3.70. The summed E-state index contributed by atoms with van der Waals surface area (Å²) in [6.07, 6.45) is 6.01. The fourth-order valence-electron chi connectivity index (χ4n) is 6.65. The van der Waals surface area contributed by atoms with E-state index in [4.69, 9.17) is 0 Å². The van der Waals surface area contributed by atoms with Crippen LogP contribution in [-0.4, -0.2) is 78.1 Å². The molecule has 0 saturated carbocycles. The van der Waals surface area contributed by atoms with Gasteiger partial charge in [0.25, 0.3) is 23.5 Å².